The Balaban J connectivity index is 1.01. The second kappa shape index (κ2) is 12.1. The molecule has 218 valence electrons. The lowest BCUT2D eigenvalue weighted by atomic mass is 9.97. The van der Waals surface area contributed by atoms with Crippen molar-refractivity contribution >= 4 is 44.3 Å². The average Bonchev–Trinajstić information content (AvgIpc) is 3.12. The van der Waals surface area contributed by atoms with Gasteiger partial charge in [0.05, 0.1) is 0 Å². The zero-order chi connectivity index (χ0) is 30.7. The Morgan fingerprint density at radius 2 is 0.609 bits per heavy atom. The molecule has 0 aliphatic rings. The van der Waals surface area contributed by atoms with Gasteiger partial charge in [0.25, 0.3) is 0 Å². The second-order valence-corrected chi connectivity index (χ2v) is 11.5. The normalized spacial score (nSPS) is 11.0. The largest absolute Gasteiger partial charge is 0.355 e. The Morgan fingerprint density at radius 3 is 1.07 bits per heavy atom. The van der Waals surface area contributed by atoms with Crippen LogP contribution in [0.5, 0.6) is 0 Å². The maximum atomic E-state index is 3.67. The van der Waals surface area contributed by atoms with E-state index in [1.54, 1.807) is 0 Å². The first-order chi connectivity index (χ1) is 22.8. The average molecular weight is 589 g/mol. The molecular weight excluding hydrogens is 556 g/mol. The van der Waals surface area contributed by atoms with E-state index in [1.165, 1.54) is 54.9 Å². The van der Waals surface area contributed by atoms with Crippen molar-refractivity contribution < 1.29 is 0 Å². The molecule has 0 unspecified atom stereocenters. The van der Waals surface area contributed by atoms with Gasteiger partial charge in [-0.25, -0.2) is 0 Å². The zero-order valence-electron chi connectivity index (χ0n) is 25.3. The summed E-state index contributed by atoms with van der Waals surface area (Å²) < 4.78 is 0. The molecule has 0 fully saturated rings. The van der Waals surface area contributed by atoms with Gasteiger partial charge in [-0.15, -0.1) is 0 Å². The SMILES string of the molecule is c1ccc(-c2cccc3ccccc23)c(Nc2ccc(-c3ccc(Nc4ccccc4-c4cccc5ccccc45)cc3)cc2)c1. The van der Waals surface area contributed by atoms with Crippen molar-refractivity contribution in [1.82, 2.24) is 0 Å². The minimum absolute atomic E-state index is 1.06. The van der Waals surface area contributed by atoms with Crippen molar-refractivity contribution in [2.24, 2.45) is 0 Å². The summed E-state index contributed by atoms with van der Waals surface area (Å²) in [5, 5.41) is 12.3. The van der Waals surface area contributed by atoms with Crippen LogP contribution in [0.4, 0.5) is 22.7 Å². The van der Waals surface area contributed by atoms with E-state index in [9.17, 15) is 0 Å². The third kappa shape index (κ3) is 5.38. The Morgan fingerprint density at radius 1 is 0.261 bits per heavy atom. The van der Waals surface area contributed by atoms with Crippen molar-refractivity contribution in [3.8, 4) is 33.4 Å². The van der Waals surface area contributed by atoms with Crippen LogP contribution < -0.4 is 10.6 Å². The smallest absolute Gasteiger partial charge is 0.0464 e. The van der Waals surface area contributed by atoms with Crippen LogP contribution in [0.15, 0.2) is 182 Å². The van der Waals surface area contributed by atoms with Crippen LogP contribution in [0.2, 0.25) is 0 Å². The molecule has 0 aliphatic heterocycles. The lowest BCUT2D eigenvalue weighted by Gasteiger charge is -2.15. The fourth-order valence-electron chi connectivity index (χ4n) is 6.38. The van der Waals surface area contributed by atoms with Crippen molar-refractivity contribution in [1.29, 1.82) is 0 Å². The lowest BCUT2D eigenvalue weighted by Crippen LogP contribution is -1.94. The minimum Gasteiger partial charge on any atom is -0.355 e. The maximum absolute atomic E-state index is 3.67. The van der Waals surface area contributed by atoms with Crippen molar-refractivity contribution in [3.63, 3.8) is 0 Å². The summed E-state index contributed by atoms with van der Waals surface area (Å²) in [5.41, 5.74) is 11.5. The maximum Gasteiger partial charge on any atom is 0.0464 e. The van der Waals surface area contributed by atoms with E-state index < -0.39 is 0 Å². The molecule has 2 N–H and O–H groups in total. The van der Waals surface area contributed by atoms with Gasteiger partial charge in [-0.2, -0.15) is 0 Å². The second-order valence-electron chi connectivity index (χ2n) is 11.5. The summed E-state index contributed by atoms with van der Waals surface area (Å²) in [4.78, 5) is 0. The summed E-state index contributed by atoms with van der Waals surface area (Å²) in [6.45, 7) is 0. The van der Waals surface area contributed by atoms with Crippen LogP contribution in [-0.2, 0) is 0 Å². The van der Waals surface area contributed by atoms with E-state index in [0.29, 0.717) is 0 Å². The van der Waals surface area contributed by atoms with Gasteiger partial charge in [-0.3, -0.25) is 0 Å². The highest BCUT2D eigenvalue weighted by Gasteiger charge is 2.11. The van der Waals surface area contributed by atoms with Gasteiger partial charge in [0.2, 0.25) is 0 Å². The summed E-state index contributed by atoms with van der Waals surface area (Å²) in [5.74, 6) is 0. The van der Waals surface area contributed by atoms with Crippen molar-refractivity contribution in [2.75, 3.05) is 10.6 Å². The standard InChI is InChI=1S/C44H32N2/c1-3-15-37-33(11-1)13-9-19-39(37)41-17-5-7-21-43(41)45-35-27-23-31(24-28-35)32-25-29-36(30-26-32)46-44-22-8-6-18-42(44)40-20-10-14-34-12-2-4-16-38(34)40/h1-30,45-46H. The monoisotopic (exact) mass is 588 g/mol. The fourth-order valence-corrected chi connectivity index (χ4v) is 6.38. The predicted octanol–water partition coefficient (Wildman–Crippen LogP) is 12.5. The van der Waals surface area contributed by atoms with Crippen molar-refractivity contribution in [3.05, 3.63) is 182 Å². The van der Waals surface area contributed by atoms with E-state index in [-0.39, 0.29) is 0 Å². The van der Waals surface area contributed by atoms with Gasteiger partial charge in [-0.1, -0.05) is 146 Å². The first-order valence-electron chi connectivity index (χ1n) is 15.7. The number of benzene rings is 8. The molecular formula is C44H32N2. The topological polar surface area (TPSA) is 24.1 Å². The number of hydrogen-bond acceptors (Lipinski definition) is 2. The van der Waals surface area contributed by atoms with Gasteiger partial charge in [-0.05, 0) is 80.2 Å². The number of nitrogens with one attached hydrogen (secondary N) is 2. The van der Waals surface area contributed by atoms with Crippen LogP contribution in [0.1, 0.15) is 0 Å². The van der Waals surface area contributed by atoms with E-state index in [2.05, 4.69) is 193 Å². The number of fused-ring (bicyclic) bond motifs is 2. The van der Waals surface area contributed by atoms with Gasteiger partial charge in [0, 0.05) is 33.9 Å². The Hall–Kier alpha value is -6.12. The molecule has 8 aromatic carbocycles. The van der Waals surface area contributed by atoms with Crippen LogP contribution in [0, 0.1) is 0 Å². The summed E-state index contributed by atoms with van der Waals surface area (Å²) in [6, 6.07) is 64.5. The Labute approximate surface area is 269 Å². The summed E-state index contributed by atoms with van der Waals surface area (Å²) in [6.07, 6.45) is 0. The Kier molecular flexibility index (Phi) is 7.22. The number of hydrogen-bond donors (Lipinski definition) is 2. The molecule has 0 spiro atoms. The fraction of sp³-hybridized carbons (Fsp3) is 0. The van der Waals surface area contributed by atoms with Crippen LogP contribution in [-0.4, -0.2) is 0 Å². The van der Waals surface area contributed by atoms with Gasteiger partial charge in [0.1, 0.15) is 0 Å². The van der Waals surface area contributed by atoms with Crippen molar-refractivity contribution in [2.45, 2.75) is 0 Å². The predicted molar refractivity (Wildman–Crippen MR) is 197 cm³/mol. The van der Waals surface area contributed by atoms with E-state index in [4.69, 9.17) is 0 Å². The van der Waals surface area contributed by atoms with E-state index >= 15 is 0 Å². The molecule has 0 bridgehead atoms. The third-order valence-electron chi connectivity index (χ3n) is 8.67. The molecule has 0 amide bonds. The molecule has 0 aromatic heterocycles. The minimum atomic E-state index is 1.06. The van der Waals surface area contributed by atoms with Gasteiger partial charge < -0.3 is 10.6 Å². The first kappa shape index (κ1) is 27.4. The summed E-state index contributed by atoms with van der Waals surface area (Å²) in [7, 11) is 0. The number of rotatable bonds is 7. The molecule has 0 atom stereocenters. The van der Waals surface area contributed by atoms with Crippen LogP contribution >= 0.6 is 0 Å². The van der Waals surface area contributed by atoms with Gasteiger partial charge >= 0.3 is 0 Å². The van der Waals surface area contributed by atoms with Crippen LogP contribution in [0.25, 0.3) is 54.9 Å². The zero-order valence-corrected chi connectivity index (χ0v) is 25.3. The van der Waals surface area contributed by atoms with Crippen LogP contribution in [0.3, 0.4) is 0 Å². The van der Waals surface area contributed by atoms with E-state index in [0.717, 1.165) is 22.7 Å². The summed E-state index contributed by atoms with van der Waals surface area (Å²) >= 11 is 0. The molecule has 0 heterocycles. The molecule has 0 saturated carbocycles. The molecule has 0 saturated heterocycles. The molecule has 2 nitrogen and oxygen atoms in total. The highest BCUT2D eigenvalue weighted by molar-refractivity contribution is 6.01. The molecule has 2 heteroatoms. The molecule has 0 aliphatic carbocycles. The quantitative estimate of drug-likeness (QED) is 0.193. The first-order valence-corrected chi connectivity index (χ1v) is 15.7. The highest BCUT2D eigenvalue weighted by Crippen LogP contribution is 2.37. The lowest BCUT2D eigenvalue weighted by molar-refractivity contribution is 1.52. The molecule has 8 aromatic rings. The third-order valence-corrected chi connectivity index (χ3v) is 8.67. The molecule has 0 radical (unpaired) electrons. The van der Waals surface area contributed by atoms with E-state index in [1.807, 2.05) is 0 Å². The number of anilines is 4. The molecule has 8 rings (SSSR count). The Bertz CT molecular complexity index is 2120. The molecule has 46 heavy (non-hydrogen) atoms. The highest BCUT2D eigenvalue weighted by atomic mass is 14.9. The van der Waals surface area contributed by atoms with Gasteiger partial charge in [0.15, 0.2) is 0 Å². The number of para-hydroxylation sites is 2.